The van der Waals surface area contributed by atoms with E-state index in [2.05, 4.69) is 47.8 Å². The molecule has 2 N–H and O–H groups in total. The average molecular weight is 1140 g/mol. The highest BCUT2D eigenvalue weighted by Crippen LogP contribution is 2.58. The van der Waals surface area contributed by atoms with Crippen LogP contribution in [-0.4, -0.2) is 192 Å². The number of hydrogen-bond acceptors (Lipinski definition) is 19. The number of hydrogen-bond donors (Lipinski definition) is 2. The summed E-state index contributed by atoms with van der Waals surface area (Å²) in [7, 11) is 0. The zero-order valence-electron chi connectivity index (χ0n) is 48.0. The summed E-state index contributed by atoms with van der Waals surface area (Å²) in [6.07, 6.45) is 2.59. The number of ether oxygens (including phenoxy) is 15. The number of ketones is 1. The van der Waals surface area contributed by atoms with Crippen molar-refractivity contribution in [3.8, 4) is 0 Å². The second-order valence-electron chi connectivity index (χ2n) is 28.3. The fourth-order valence-electron chi connectivity index (χ4n) is 18.7. The van der Waals surface area contributed by atoms with Crippen molar-refractivity contribution in [2.45, 2.75) is 320 Å². The Morgan fingerprint density at radius 1 is 0.543 bits per heavy atom. The minimum atomic E-state index is -0.945. The zero-order valence-corrected chi connectivity index (χ0v) is 48.0. The summed E-state index contributed by atoms with van der Waals surface area (Å²) in [5.41, 5.74) is 1.35. The van der Waals surface area contributed by atoms with E-state index in [0.717, 1.165) is 43.3 Å². The zero-order chi connectivity index (χ0) is 55.6. The van der Waals surface area contributed by atoms with E-state index in [-0.39, 0.29) is 147 Å². The van der Waals surface area contributed by atoms with Crippen molar-refractivity contribution in [3.63, 3.8) is 0 Å². The number of fused-ring (bicyclic) bond motifs is 10. The van der Waals surface area contributed by atoms with Gasteiger partial charge >= 0.3 is 5.97 Å². The molecular formula is C62H88O19. The molecule has 0 saturated carbocycles. The molecule has 0 aromatic rings. The van der Waals surface area contributed by atoms with Gasteiger partial charge in [0.05, 0.1) is 116 Å². The Morgan fingerprint density at radius 2 is 1.22 bits per heavy atom. The molecule has 81 heavy (non-hydrogen) atoms. The van der Waals surface area contributed by atoms with Crippen LogP contribution in [0.4, 0.5) is 0 Å². The summed E-state index contributed by atoms with van der Waals surface area (Å²) >= 11 is 0. The van der Waals surface area contributed by atoms with Crippen LogP contribution in [0.2, 0.25) is 0 Å². The van der Waals surface area contributed by atoms with Gasteiger partial charge in [0, 0.05) is 83.2 Å². The van der Waals surface area contributed by atoms with Crippen molar-refractivity contribution in [2.24, 2.45) is 23.7 Å². The SMILES string of the molecule is C=C1C[C@@H]2CC[C@]34C[C@H]5O[C@H]6[C@@H](O3)[C@H]3O[C@H](CC[C@@H]3O[C@H]6[C@@H]5O4)CC(=O)O[C@@H]3[C@@H](C)[C@@H]4O[C@@H]5C[C@]6(C[C@@H]7OC8(C[C@H](C)[C@@H]9O[C@H](CC(=O)CCO)[C@H](O)C[C@@H]9O8)C[C@H](C)[C@@H]7O6)O[C@@H]5C[C@@H]4O[C@@H]3C[C@@]3(C)O[C@@H](CC[C@@H]1O2)C[C@@H](C)C3=C. The van der Waals surface area contributed by atoms with Crippen LogP contribution in [0.5, 0.6) is 0 Å². The molecule has 16 aliphatic heterocycles. The third-order valence-corrected chi connectivity index (χ3v) is 22.5. The van der Waals surface area contributed by atoms with Crippen LogP contribution in [0.1, 0.15) is 157 Å². The molecule has 0 radical (unpaired) electrons. The minimum Gasteiger partial charge on any atom is -0.459 e. The monoisotopic (exact) mass is 1140 g/mol. The van der Waals surface area contributed by atoms with Gasteiger partial charge in [0.25, 0.3) is 0 Å². The van der Waals surface area contributed by atoms with Crippen LogP contribution in [0, 0.1) is 23.7 Å². The van der Waals surface area contributed by atoms with Gasteiger partial charge in [-0.1, -0.05) is 40.9 Å². The third-order valence-electron chi connectivity index (χ3n) is 22.5. The van der Waals surface area contributed by atoms with Crippen molar-refractivity contribution in [3.05, 3.63) is 24.3 Å². The molecule has 16 saturated heterocycles. The van der Waals surface area contributed by atoms with Crippen molar-refractivity contribution in [1.29, 1.82) is 0 Å². The molecule has 0 amide bonds. The van der Waals surface area contributed by atoms with Gasteiger partial charge in [-0.2, -0.15) is 0 Å². The van der Waals surface area contributed by atoms with E-state index in [9.17, 15) is 19.8 Å². The highest BCUT2D eigenvalue weighted by atomic mass is 16.8. The lowest BCUT2D eigenvalue weighted by molar-refractivity contribution is -0.371. The number of Topliss-reactive ketones (excluding diaryl/α,β-unsaturated/α-hetero) is 1. The Kier molecular flexibility index (Phi) is 14.1. The lowest BCUT2D eigenvalue weighted by Gasteiger charge is -2.54. The van der Waals surface area contributed by atoms with Gasteiger partial charge in [-0.3, -0.25) is 9.59 Å². The summed E-state index contributed by atoms with van der Waals surface area (Å²) in [5, 5.41) is 20.5. The summed E-state index contributed by atoms with van der Waals surface area (Å²) in [5.74, 6) is -3.13. The topological polar surface area (TPSA) is 213 Å². The molecule has 0 aromatic carbocycles. The Morgan fingerprint density at radius 3 is 2.06 bits per heavy atom. The number of aliphatic hydroxyl groups excluding tert-OH is 2. The van der Waals surface area contributed by atoms with Crippen LogP contribution in [0.15, 0.2) is 24.3 Å². The first kappa shape index (κ1) is 55.6. The first-order valence-electron chi connectivity index (χ1n) is 31.5. The largest absolute Gasteiger partial charge is 0.459 e. The average Bonchev–Trinajstić information content (AvgIpc) is 4.08. The standard InChI is InChI=1S/C62H88O19/c1-28-16-37-9-10-39-29(2)17-36(67-39)12-14-60-26-47-55(80-60)56-57(73-47)58(81-60)54-40(70-56)11-8-35(68-54)19-49(66)74-53-32(5)52-43(69-46(53)24-59(7,75-37)33(28)6)21-42-45(72-52)25-62(76-42)27-48-51(79-62)31(4)23-61(78-48)22-30(3)50-44(77-61)20-38(65)41(71-50)18-34(64)13-15-63/h28,30-32,35-48,50-58,63,65H,2,6,8-27H2,1,3-5,7H3/t28-,30+,31+,32+,35-,36+,37+,38-,39+,40+,41-,42-,43+,44+,45-,46-,47-,48+,50+,51+,52+,53-,54+,55-,56+,57-,58+,59-,60-,61?,62+/m1/s1. The molecule has 16 rings (SSSR count). The molecule has 16 aliphatic rings. The number of carbonyl (C=O) groups excluding carboxylic acids is 2. The van der Waals surface area contributed by atoms with Crippen LogP contribution in [-0.2, 0) is 80.6 Å². The second-order valence-corrected chi connectivity index (χ2v) is 28.3. The first-order chi connectivity index (χ1) is 38.8. The third kappa shape index (κ3) is 9.65. The van der Waals surface area contributed by atoms with Gasteiger partial charge in [-0.15, -0.1) is 0 Å². The maximum absolute atomic E-state index is 14.7. The molecule has 16 fully saturated rings. The predicted octanol–water partition coefficient (Wildman–Crippen LogP) is 5.91. The van der Waals surface area contributed by atoms with Crippen molar-refractivity contribution in [2.75, 3.05) is 6.61 Å². The van der Waals surface area contributed by atoms with E-state index in [4.69, 9.17) is 71.1 Å². The Balaban J connectivity index is 0.660. The Labute approximate surface area is 475 Å². The molecular weight excluding hydrogens is 1050 g/mol. The summed E-state index contributed by atoms with van der Waals surface area (Å²) < 4.78 is 104. The van der Waals surface area contributed by atoms with Crippen LogP contribution < -0.4 is 0 Å². The van der Waals surface area contributed by atoms with Crippen LogP contribution >= 0.6 is 0 Å². The molecule has 12 bridgehead atoms. The minimum absolute atomic E-state index is 0.00523. The number of aliphatic hydroxyl groups is 2. The first-order valence-corrected chi connectivity index (χ1v) is 31.5. The smallest absolute Gasteiger partial charge is 0.308 e. The fraction of sp³-hybridized carbons (Fsp3) is 0.903. The highest BCUT2D eigenvalue weighted by Gasteiger charge is 2.70. The van der Waals surface area contributed by atoms with Gasteiger partial charge in [0.2, 0.25) is 0 Å². The quantitative estimate of drug-likeness (QED) is 0.247. The van der Waals surface area contributed by atoms with E-state index in [1.165, 1.54) is 0 Å². The Bertz CT molecular complexity index is 2460. The highest BCUT2D eigenvalue weighted by molar-refractivity contribution is 5.79. The molecule has 3 spiro atoms. The maximum atomic E-state index is 14.7. The predicted molar refractivity (Wildman–Crippen MR) is 282 cm³/mol. The van der Waals surface area contributed by atoms with Crippen molar-refractivity contribution >= 4 is 11.8 Å². The van der Waals surface area contributed by atoms with Gasteiger partial charge < -0.3 is 81.3 Å². The maximum Gasteiger partial charge on any atom is 0.308 e. The number of carbonyl (C=O) groups is 2. The van der Waals surface area contributed by atoms with E-state index in [1.54, 1.807) is 0 Å². The normalized spacial score (nSPS) is 57.2. The van der Waals surface area contributed by atoms with E-state index in [0.29, 0.717) is 70.6 Å². The molecule has 31 atom stereocenters. The fourth-order valence-corrected chi connectivity index (χ4v) is 18.7. The summed E-state index contributed by atoms with van der Waals surface area (Å²) in [4.78, 5) is 27.1. The lowest BCUT2D eigenvalue weighted by atomic mass is 9.74. The van der Waals surface area contributed by atoms with E-state index < -0.39 is 77.9 Å². The van der Waals surface area contributed by atoms with Gasteiger partial charge in [-0.05, 0) is 80.8 Å². The molecule has 1 unspecified atom stereocenters. The molecule has 16 heterocycles. The summed E-state index contributed by atoms with van der Waals surface area (Å²) in [6, 6.07) is 0. The molecule has 19 heteroatoms. The Hall–Kier alpha value is -2.02. The summed E-state index contributed by atoms with van der Waals surface area (Å²) in [6.45, 7) is 19.8. The molecule has 0 aromatic heterocycles. The molecule has 450 valence electrons. The van der Waals surface area contributed by atoms with E-state index in [1.807, 2.05) is 0 Å². The van der Waals surface area contributed by atoms with Crippen LogP contribution in [0.3, 0.4) is 0 Å². The molecule has 0 aliphatic carbocycles. The lowest BCUT2D eigenvalue weighted by Crippen LogP contribution is -2.62. The number of esters is 1. The van der Waals surface area contributed by atoms with Gasteiger partial charge in [0.1, 0.15) is 42.4 Å². The second kappa shape index (κ2) is 20.5. The van der Waals surface area contributed by atoms with E-state index >= 15 is 0 Å². The number of rotatable bonds is 4. The van der Waals surface area contributed by atoms with Gasteiger partial charge in [0.15, 0.2) is 17.4 Å². The van der Waals surface area contributed by atoms with Crippen LogP contribution in [0.25, 0.3) is 0 Å². The van der Waals surface area contributed by atoms with Crippen molar-refractivity contribution < 1.29 is 90.9 Å². The molecule has 19 nitrogen and oxygen atoms in total. The van der Waals surface area contributed by atoms with Gasteiger partial charge in [-0.25, -0.2) is 0 Å². The van der Waals surface area contributed by atoms with Crippen molar-refractivity contribution in [1.82, 2.24) is 0 Å².